The van der Waals surface area contributed by atoms with Crippen molar-refractivity contribution in [2.45, 2.75) is 27.0 Å². The zero-order valence-electron chi connectivity index (χ0n) is 10.7. The molecular formula is C13H22N2O2. The van der Waals surface area contributed by atoms with E-state index in [0.717, 1.165) is 31.1 Å². The molecule has 0 fully saturated rings. The Balaban J connectivity index is 2.27. The van der Waals surface area contributed by atoms with E-state index in [1.807, 2.05) is 25.1 Å². The zero-order valence-corrected chi connectivity index (χ0v) is 10.7. The van der Waals surface area contributed by atoms with Crippen molar-refractivity contribution in [1.82, 2.24) is 10.3 Å². The van der Waals surface area contributed by atoms with Gasteiger partial charge in [-0.3, -0.25) is 4.98 Å². The fourth-order valence-electron chi connectivity index (χ4n) is 1.40. The van der Waals surface area contributed by atoms with Crippen molar-refractivity contribution in [2.24, 2.45) is 0 Å². The van der Waals surface area contributed by atoms with Crippen LogP contribution in [0.1, 0.15) is 25.2 Å². The first-order chi connectivity index (χ1) is 8.36. The van der Waals surface area contributed by atoms with Gasteiger partial charge in [-0.1, -0.05) is 13.0 Å². The number of pyridine rings is 1. The van der Waals surface area contributed by atoms with E-state index in [2.05, 4.69) is 17.2 Å². The van der Waals surface area contributed by atoms with Crippen molar-refractivity contribution in [3.05, 3.63) is 29.6 Å². The first-order valence-corrected chi connectivity index (χ1v) is 6.17. The van der Waals surface area contributed by atoms with Gasteiger partial charge >= 0.3 is 0 Å². The van der Waals surface area contributed by atoms with Crippen LogP contribution in [0.5, 0.6) is 0 Å². The summed E-state index contributed by atoms with van der Waals surface area (Å²) in [5.41, 5.74) is 2.02. The third kappa shape index (κ3) is 6.36. The van der Waals surface area contributed by atoms with Crippen LogP contribution in [-0.2, 0) is 22.6 Å². The van der Waals surface area contributed by atoms with Gasteiger partial charge in [-0.2, -0.15) is 0 Å². The van der Waals surface area contributed by atoms with Crippen molar-refractivity contribution in [3.8, 4) is 0 Å². The monoisotopic (exact) mass is 238 g/mol. The predicted octanol–water partition coefficient (Wildman–Crippen LogP) is 1.74. The number of hydrogen-bond donors (Lipinski definition) is 1. The number of aromatic nitrogens is 1. The fourth-order valence-corrected chi connectivity index (χ4v) is 1.40. The molecule has 0 aliphatic heterocycles. The largest absolute Gasteiger partial charge is 0.379 e. The van der Waals surface area contributed by atoms with Crippen molar-refractivity contribution in [1.29, 1.82) is 0 Å². The van der Waals surface area contributed by atoms with E-state index in [0.29, 0.717) is 19.8 Å². The lowest BCUT2D eigenvalue weighted by Gasteiger charge is -2.06. The molecule has 17 heavy (non-hydrogen) atoms. The van der Waals surface area contributed by atoms with Gasteiger partial charge in [0.25, 0.3) is 0 Å². The van der Waals surface area contributed by atoms with Crippen LogP contribution in [0.15, 0.2) is 18.2 Å². The molecule has 0 aliphatic carbocycles. The minimum absolute atomic E-state index is 0.549. The standard InChI is InChI=1S/C13H22N2O2/c1-3-14-10-12-6-5-7-13(15-12)11-17-9-8-16-4-2/h5-7,14H,3-4,8-11H2,1-2H3. The second-order valence-corrected chi connectivity index (χ2v) is 3.65. The number of ether oxygens (including phenoxy) is 2. The lowest BCUT2D eigenvalue weighted by Crippen LogP contribution is -2.13. The van der Waals surface area contributed by atoms with Crippen LogP contribution in [0.25, 0.3) is 0 Å². The maximum atomic E-state index is 5.47. The molecule has 0 aliphatic rings. The van der Waals surface area contributed by atoms with Crippen molar-refractivity contribution < 1.29 is 9.47 Å². The van der Waals surface area contributed by atoms with Crippen LogP contribution in [0.3, 0.4) is 0 Å². The molecule has 0 amide bonds. The second kappa shape index (κ2) is 9.10. The van der Waals surface area contributed by atoms with Gasteiger partial charge in [0.05, 0.1) is 31.2 Å². The first-order valence-electron chi connectivity index (χ1n) is 6.17. The summed E-state index contributed by atoms with van der Waals surface area (Å²) < 4.78 is 10.7. The van der Waals surface area contributed by atoms with Crippen LogP contribution in [0.2, 0.25) is 0 Å². The topological polar surface area (TPSA) is 43.4 Å². The quantitative estimate of drug-likeness (QED) is 0.666. The minimum Gasteiger partial charge on any atom is -0.379 e. The summed E-state index contributed by atoms with van der Waals surface area (Å²) in [6.45, 7) is 8.37. The minimum atomic E-state index is 0.549. The summed E-state index contributed by atoms with van der Waals surface area (Å²) >= 11 is 0. The van der Waals surface area contributed by atoms with Crippen LogP contribution < -0.4 is 5.32 Å². The summed E-state index contributed by atoms with van der Waals surface area (Å²) in [5.74, 6) is 0. The lowest BCUT2D eigenvalue weighted by atomic mass is 10.3. The summed E-state index contributed by atoms with van der Waals surface area (Å²) in [4.78, 5) is 4.50. The molecular weight excluding hydrogens is 216 g/mol. The van der Waals surface area contributed by atoms with E-state index in [1.165, 1.54) is 0 Å². The highest BCUT2D eigenvalue weighted by Gasteiger charge is 1.98. The van der Waals surface area contributed by atoms with Gasteiger partial charge in [0.2, 0.25) is 0 Å². The number of rotatable bonds is 9. The highest BCUT2D eigenvalue weighted by Crippen LogP contribution is 2.01. The molecule has 0 spiro atoms. The van der Waals surface area contributed by atoms with Crippen molar-refractivity contribution in [3.63, 3.8) is 0 Å². The van der Waals surface area contributed by atoms with E-state index in [1.54, 1.807) is 0 Å². The van der Waals surface area contributed by atoms with Gasteiger partial charge in [-0.15, -0.1) is 0 Å². The predicted molar refractivity (Wildman–Crippen MR) is 67.8 cm³/mol. The van der Waals surface area contributed by atoms with Gasteiger partial charge in [-0.25, -0.2) is 0 Å². The van der Waals surface area contributed by atoms with Crippen molar-refractivity contribution in [2.75, 3.05) is 26.4 Å². The van der Waals surface area contributed by atoms with Gasteiger partial charge in [0.15, 0.2) is 0 Å². The Morgan fingerprint density at radius 2 is 1.88 bits per heavy atom. The van der Waals surface area contributed by atoms with Gasteiger partial charge in [0.1, 0.15) is 0 Å². The molecule has 0 unspecified atom stereocenters. The SMILES string of the molecule is CCNCc1cccc(COCCOCC)n1. The third-order valence-electron chi connectivity index (χ3n) is 2.25. The van der Waals surface area contributed by atoms with E-state index in [4.69, 9.17) is 9.47 Å². The maximum absolute atomic E-state index is 5.47. The molecule has 0 aromatic carbocycles. The van der Waals surface area contributed by atoms with Gasteiger partial charge in [0, 0.05) is 13.2 Å². The van der Waals surface area contributed by atoms with E-state index < -0.39 is 0 Å². The molecule has 1 aromatic rings. The van der Waals surface area contributed by atoms with Crippen molar-refractivity contribution >= 4 is 0 Å². The third-order valence-corrected chi connectivity index (χ3v) is 2.25. The molecule has 0 radical (unpaired) electrons. The summed E-state index contributed by atoms with van der Waals surface area (Å²) in [6, 6.07) is 6.02. The fraction of sp³-hybridized carbons (Fsp3) is 0.615. The Kier molecular flexibility index (Phi) is 7.54. The van der Waals surface area contributed by atoms with Crippen LogP contribution in [0, 0.1) is 0 Å². The zero-order chi connectivity index (χ0) is 12.3. The molecule has 0 saturated heterocycles. The average molecular weight is 238 g/mol. The average Bonchev–Trinajstić information content (AvgIpc) is 2.37. The molecule has 0 atom stereocenters. The Labute approximate surface area is 103 Å². The van der Waals surface area contributed by atoms with E-state index >= 15 is 0 Å². The van der Waals surface area contributed by atoms with Crippen LogP contribution in [-0.4, -0.2) is 31.3 Å². The highest BCUT2D eigenvalue weighted by molar-refractivity contribution is 5.10. The molecule has 0 saturated carbocycles. The molecule has 1 heterocycles. The Bertz CT molecular complexity index is 305. The van der Waals surface area contributed by atoms with Gasteiger partial charge in [-0.05, 0) is 25.6 Å². The molecule has 1 N–H and O–H groups in total. The molecule has 4 nitrogen and oxygen atoms in total. The summed E-state index contributed by atoms with van der Waals surface area (Å²) in [6.07, 6.45) is 0. The van der Waals surface area contributed by atoms with E-state index in [-0.39, 0.29) is 0 Å². The normalized spacial score (nSPS) is 10.7. The molecule has 4 heteroatoms. The number of hydrogen-bond acceptors (Lipinski definition) is 4. The number of nitrogens with one attached hydrogen (secondary N) is 1. The smallest absolute Gasteiger partial charge is 0.0889 e. The highest BCUT2D eigenvalue weighted by atomic mass is 16.5. The lowest BCUT2D eigenvalue weighted by molar-refractivity contribution is 0.0441. The van der Waals surface area contributed by atoms with Gasteiger partial charge < -0.3 is 14.8 Å². The molecule has 1 rings (SSSR count). The Morgan fingerprint density at radius 1 is 1.12 bits per heavy atom. The maximum Gasteiger partial charge on any atom is 0.0889 e. The molecule has 1 aromatic heterocycles. The first kappa shape index (κ1) is 14.1. The Morgan fingerprint density at radius 3 is 2.65 bits per heavy atom. The van der Waals surface area contributed by atoms with Crippen LogP contribution in [0.4, 0.5) is 0 Å². The van der Waals surface area contributed by atoms with Crippen LogP contribution >= 0.6 is 0 Å². The number of nitrogens with zero attached hydrogens (tertiary/aromatic N) is 1. The second-order valence-electron chi connectivity index (χ2n) is 3.65. The van der Waals surface area contributed by atoms with E-state index in [9.17, 15) is 0 Å². The summed E-state index contributed by atoms with van der Waals surface area (Å²) in [5, 5.41) is 3.25. The Hall–Kier alpha value is -0.970. The molecule has 96 valence electrons. The molecule has 0 bridgehead atoms. The summed E-state index contributed by atoms with van der Waals surface area (Å²) in [7, 11) is 0.